The van der Waals surface area contributed by atoms with Crippen LogP contribution in [0.25, 0.3) is 0 Å². The summed E-state index contributed by atoms with van der Waals surface area (Å²) >= 11 is 0. The zero-order chi connectivity index (χ0) is 12.4. The summed E-state index contributed by atoms with van der Waals surface area (Å²) in [6, 6.07) is 4.08. The number of nitrogens with zero attached hydrogens (tertiary/aromatic N) is 3. The maximum absolute atomic E-state index is 4.42. The number of pyridine rings is 1. The average Bonchev–Trinajstić information content (AvgIpc) is 2.59. The monoisotopic (exact) mass is 230 g/mol. The third kappa shape index (κ3) is 2.46. The lowest BCUT2D eigenvalue weighted by molar-refractivity contribution is 0.789. The highest BCUT2D eigenvalue weighted by molar-refractivity contribution is 5.47. The first kappa shape index (κ1) is 11.6. The summed E-state index contributed by atoms with van der Waals surface area (Å²) in [6.45, 7) is 6.78. The lowest BCUT2D eigenvalue weighted by atomic mass is 10.2. The molecule has 0 fully saturated rings. The molecule has 4 heteroatoms. The van der Waals surface area contributed by atoms with Gasteiger partial charge in [-0.25, -0.2) is 4.98 Å². The lowest BCUT2D eigenvalue weighted by Gasteiger charge is -2.09. The third-order valence-corrected chi connectivity index (χ3v) is 2.98. The van der Waals surface area contributed by atoms with Gasteiger partial charge in [0.2, 0.25) is 0 Å². The van der Waals surface area contributed by atoms with Crippen molar-refractivity contribution in [3.05, 3.63) is 41.2 Å². The van der Waals surface area contributed by atoms with Crippen LogP contribution in [0.3, 0.4) is 0 Å². The first-order valence-electron chi connectivity index (χ1n) is 5.73. The van der Waals surface area contributed by atoms with Crippen LogP contribution >= 0.6 is 0 Å². The Morgan fingerprint density at radius 2 is 2.00 bits per heavy atom. The standard InChI is InChI=1S/C13H18N4/c1-9-5-6-12(11(3)16-9)14-8-13-15-7-10(2)17(13)4/h5-7,14H,8H2,1-4H3. The number of anilines is 1. The summed E-state index contributed by atoms with van der Waals surface area (Å²) in [7, 11) is 2.03. The average molecular weight is 230 g/mol. The van der Waals surface area contributed by atoms with Gasteiger partial charge in [-0.15, -0.1) is 0 Å². The van der Waals surface area contributed by atoms with Crippen molar-refractivity contribution in [2.45, 2.75) is 27.3 Å². The van der Waals surface area contributed by atoms with E-state index in [0.717, 1.165) is 29.4 Å². The minimum Gasteiger partial charge on any atom is -0.376 e. The molecule has 2 rings (SSSR count). The minimum absolute atomic E-state index is 0.718. The molecule has 0 aliphatic rings. The molecular formula is C13H18N4. The Kier molecular flexibility index (Phi) is 3.13. The normalized spacial score (nSPS) is 10.6. The Bertz CT molecular complexity index is 528. The van der Waals surface area contributed by atoms with E-state index in [2.05, 4.69) is 32.8 Å². The molecule has 0 saturated carbocycles. The van der Waals surface area contributed by atoms with Crippen LogP contribution < -0.4 is 5.32 Å². The number of aryl methyl sites for hydroxylation is 3. The molecule has 0 unspecified atom stereocenters. The quantitative estimate of drug-likeness (QED) is 0.880. The summed E-state index contributed by atoms with van der Waals surface area (Å²) in [5.74, 6) is 1.03. The van der Waals surface area contributed by atoms with Gasteiger partial charge < -0.3 is 9.88 Å². The smallest absolute Gasteiger partial charge is 0.127 e. The van der Waals surface area contributed by atoms with Crippen LogP contribution in [0.2, 0.25) is 0 Å². The predicted molar refractivity (Wildman–Crippen MR) is 69.0 cm³/mol. The van der Waals surface area contributed by atoms with E-state index in [9.17, 15) is 0 Å². The Morgan fingerprint density at radius 3 is 2.59 bits per heavy atom. The molecule has 2 aromatic rings. The molecule has 0 bridgehead atoms. The van der Waals surface area contributed by atoms with Crippen LogP contribution in [-0.4, -0.2) is 14.5 Å². The Morgan fingerprint density at radius 1 is 1.24 bits per heavy atom. The van der Waals surface area contributed by atoms with Gasteiger partial charge in [0.25, 0.3) is 0 Å². The van der Waals surface area contributed by atoms with Gasteiger partial charge >= 0.3 is 0 Å². The number of rotatable bonds is 3. The molecule has 0 aliphatic heterocycles. The molecule has 1 N–H and O–H groups in total. The summed E-state index contributed by atoms with van der Waals surface area (Å²) in [5.41, 5.74) is 4.30. The number of hydrogen-bond acceptors (Lipinski definition) is 3. The van der Waals surface area contributed by atoms with Crippen LogP contribution in [-0.2, 0) is 13.6 Å². The van der Waals surface area contributed by atoms with Crippen LogP contribution in [0, 0.1) is 20.8 Å². The highest BCUT2D eigenvalue weighted by atomic mass is 15.1. The van der Waals surface area contributed by atoms with E-state index >= 15 is 0 Å². The number of nitrogens with one attached hydrogen (secondary N) is 1. The second-order valence-electron chi connectivity index (χ2n) is 4.31. The highest BCUT2D eigenvalue weighted by Gasteiger charge is 2.04. The van der Waals surface area contributed by atoms with E-state index < -0.39 is 0 Å². The van der Waals surface area contributed by atoms with Gasteiger partial charge in [0, 0.05) is 24.6 Å². The van der Waals surface area contributed by atoms with Crippen LogP contribution in [0.1, 0.15) is 22.9 Å². The molecule has 17 heavy (non-hydrogen) atoms. The number of hydrogen-bond donors (Lipinski definition) is 1. The fraction of sp³-hybridized carbons (Fsp3) is 0.385. The van der Waals surface area contributed by atoms with Crippen molar-refractivity contribution < 1.29 is 0 Å². The van der Waals surface area contributed by atoms with Crippen molar-refractivity contribution in [1.82, 2.24) is 14.5 Å². The molecule has 4 nitrogen and oxygen atoms in total. The van der Waals surface area contributed by atoms with Gasteiger partial charge in [-0.3, -0.25) is 4.98 Å². The largest absolute Gasteiger partial charge is 0.376 e. The highest BCUT2D eigenvalue weighted by Crippen LogP contribution is 2.13. The Labute approximate surface area is 102 Å². The molecule has 0 aliphatic carbocycles. The van der Waals surface area contributed by atoms with Crippen LogP contribution in [0.5, 0.6) is 0 Å². The van der Waals surface area contributed by atoms with Crippen LogP contribution in [0.4, 0.5) is 5.69 Å². The zero-order valence-corrected chi connectivity index (χ0v) is 10.8. The van der Waals surface area contributed by atoms with Gasteiger partial charge in [0.05, 0.1) is 17.9 Å². The maximum atomic E-state index is 4.42. The summed E-state index contributed by atoms with van der Waals surface area (Å²) in [6.07, 6.45) is 1.89. The molecule has 0 saturated heterocycles. The van der Waals surface area contributed by atoms with E-state index in [4.69, 9.17) is 0 Å². The SMILES string of the molecule is Cc1ccc(NCc2ncc(C)n2C)c(C)n1. The fourth-order valence-corrected chi connectivity index (χ4v) is 1.76. The Hall–Kier alpha value is -1.84. The molecule has 0 atom stereocenters. The van der Waals surface area contributed by atoms with E-state index in [1.807, 2.05) is 33.2 Å². The van der Waals surface area contributed by atoms with Crippen LogP contribution in [0.15, 0.2) is 18.3 Å². The van der Waals surface area contributed by atoms with Gasteiger partial charge in [-0.05, 0) is 32.9 Å². The minimum atomic E-state index is 0.718. The molecule has 2 heterocycles. The van der Waals surface area contributed by atoms with Crippen molar-refractivity contribution >= 4 is 5.69 Å². The first-order chi connectivity index (χ1) is 8.08. The van der Waals surface area contributed by atoms with E-state index in [1.165, 1.54) is 5.69 Å². The molecule has 0 amide bonds. The first-order valence-corrected chi connectivity index (χ1v) is 5.73. The van der Waals surface area contributed by atoms with Crippen molar-refractivity contribution in [1.29, 1.82) is 0 Å². The van der Waals surface area contributed by atoms with E-state index in [-0.39, 0.29) is 0 Å². The Balaban J connectivity index is 2.10. The molecule has 0 spiro atoms. The number of aromatic nitrogens is 3. The zero-order valence-electron chi connectivity index (χ0n) is 10.8. The van der Waals surface area contributed by atoms with E-state index in [1.54, 1.807) is 0 Å². The second-order valence-corrected chi connectivity index (χ2v) is 4.31. The van der Waals surface area contributed by atoms with Crippen molar-refractivity contribution in [3.63, 3.8) is 0 Å². The molecule has 2 aromatic heterocycles. The van der Waals surface area contributed by atoms with Crippen molar-refractivity contribution in [2.24, 2.45) is 7.05 Å². The van der Waals surface area contributed by atoms with E-state index in [0.29, 0.717) is 0 Å². The topological polar surface area (TPSA) is 42.7 Å². The summed E-state index contributed by atoms with van der Waals surface area (Å²) < 4.78 is 2.09. The van der Waals surface area contributed by atoms with Crippen molar-refractivity contribution in [3.8, 4) is 0 Å². The third-order valence-electron chi connectivity index (χ3n) is 2.98. The number of imidazole rings is 1. The molecule has 0 aromatic carbocycles. The van der Waals surface area contributed by atoms with Gasteiger partial charge in [-0.2, -0.15) is 0 Å². The van der Waals surface area contributed by atoms with Gasteiger partial charge in [0.15, 0.2) is 0 Å². The molecule has 90 valence electrons. The predicted octanol–water partition coefficient (Wildman–Crippen LogP) is 2.35. The molecule has 0 radical (unpaired) electrons. The van der Waals surface area contributed by atoms with Crippen molar-refractivity contribution in [2.75, 3.05) is 5.32 Å². The summed E-state index contributed by atoms with van der Waals surface area (Å²) in [5, 5.41) is 3.36. The van der Waals surface area contributed by atoms with Gasteiger partial charge in [0.1, 0.15) is 5.82 Å². The maximum Gasteiger partial charge on any atom is 0.127 e. The molecular weight excluding hydrogens is 212 g/mol. The van der Waals surface area contributed by atoms with Gasteiger partial charge in [-0.1, -0.05) is 0 Å². The fourth-order valence-electron chi connectivity index (χ4n) is 1.76. The second kappa shape index (κ2) is 4.57. The lowest BCUT2D eigenvalue weighted by Crippen LogP contribution is -2.08. The summed E-state index contributed by atoms with van der Waals surface area (Å²) in [4.78, 5) is 8.78.